The fraction of sp³-hybridized carbons (Fsp3) is 0.500. The van der Waals surface area contributed by atoms with E-state index in [0.29, 0.717) is 19.4 Å². The molecule has 1 unspecified atom stereocenters. The van der Waals surface area contributed by atoms with E-state index in [1.54, 1.807) is 0 Å². The minimum Gasteiger partial charge on any atom is -0.494 e. The Hall–Kier alpha value is -1.55. The molecular weight excluding hydrogens is 228 g/mol. The van der Waals surface area contributed by atoms with E-state index in [9.17, 15) is 4.79 Å². The van der Waals surface area contributed by atoms with Crippen LogP contribution < -0.4 is 15.8 Å². The van der Waals surface area contributed by atoms with Crippen LogP contribution in [0.25, 0.3) is 0 Å². The lowest BCUT2D eigenvalue weighted by molar-refractivity contribution is -0.116. The van der Waals surface area contributed by atoms with Crippen LogP contribution in [0.3, 0.4) is 0 Å². The van der Waals surface area contributed by atoms with Gasteiger partial charge in [0.15, 0.2) is 0 Å². The molecule has 1 amide bonds. The van der Waals surface area contributed by atoms with Crippen LogP contribution in [0.4, 0.5) is 5.69 Å². The van der Waals surface area contributed by atoms with Gasteiger partial charge < -0.3 is 15.8 Å². The van der Waals surface area contributed by atoms with Gasteiger partial charge in [0.05, 0.1) is 6.61 Å². The third-order valence-corrected chi connectivity index (χ3v) is 2.59. The molecule has 4 heteroatoms. The Balaban J connectivity index is 2.57. The molecule has 3 N–H and O–H groups in total. The van der Waals surface area contributed by atoms with Crippen molar-refractivity contribution in [2.24, 2.45) is 5.73 Å². The van der Waals surface area contributed by atoms with Gasteiger partial charge in [0.25, 0.3) is 0 Å². The van der Waals surface area contributed by atoms with E-state index < -0.39 is 0 Å². The number of ether oxygens (including phenoxy) is 1. The summed E-state index contributed by atoms with van der Waals surface area (Å²) in [4.78, 5) is 11.6. The van der Waals surface area contributed by atoms with Crippen molar-refractivity contribution >= 4 is 11.6 Å². The number of amides is 1. The molecule has 0 aliphatic rings. The van der Waals surface area contributed by atoms with Gasteiger partial charge >= 0.3 is 0 Å². The highest BCUT2D eigenvalue weighted by atomic mass is 16.5. The highest BCUT2D eigenvalue weighted by Gasteiger charge is 2.06. The van der Waals surface area contributed by atoms with E-state index in [1.165, 1.54) is 0 Å². The fourth-order valence-electron chi connectivity index (χ4n) is 1.63. The molecule has 0 heterocycles. The highest BCUT2D eigenvalue weighted by Crippen LogP contribution is 2.22. The first-order chi connectivity index (χ1) is 8.52. The molecule has 0 spiro atoms. The van der Waals surface area contributed by atoms with E-state index in [4.69, 9.17) is 10.5 Å². The van der Waals surface area contributed by atoms with Gasteiger partial charge in [-0.3, -0.25) is 4.79 Å². The molecule has 0 aliphatic carbocycles. The molecule has 4 nitrogen and oxygen atoms in total. The molecule has 0 bridgehead atoms. The Kier molecular flexibility index (Phi) is 5.65. The molecule has 0 radical (unpaired) electrons. The first kappa shape index (κ1) is 14.5. The molecule has 1 aromatic rings. The zero-order valence-electron chi connectivity index (χ0n) is 11.3. The second kappa shape index (κ2) is 7.01. The number of carbonyl (C=O) groups is 1. The van der Waals surface area contributed by atoms with Crippen LogP contribution in [-0.4, -0.2) is 18.6 Å². The van der Waals surface area contributed by atoms with Crippen LogP contribution >= 0.6 is 0 Å². The summed E-state index contributed by atoms with van der Waals surface area (Å²) >= 11 is 0. The number of nitrogens with two attached hydrogens (primary N) is 1. The van der Waals surface area contributed by atoms with Crippen molar-refractivity contribution < 1.29 is 9.53 Å². The normalized spacial score (nSPS) is 12.0. The van der Waals surface area contributed by atoms with Crippen LogP contribution in [0, 0.1) is 6.92 Å². The molecular formula is C14H22N2O2. The second-order valence-corrected chi connectivity index (χ2v) is 4.48. The zero-order valence-corrected chi connectivity index (χ0v) is 11.3. The van der Waals surface area contributed by atoms with Gasteiger partial charge in [0.2, 0.25) is 5.91 Å². The van der Waals surface area contributed by atoms with Crippen molar-refractivity contribution in [3.05, 3.63) is 23.8 Å². The predicted molar refractivity (Wildman–Crippen MR) is 73.9 cm³/mol. The average molecular weight is 250 g/mol. The van der Waals surface area contributed by atoms with E-state index >= 15 is 0 Å². The number of benzene rings is 1. The molecule has 1 atom stereocenters. The van der Waals surface area contributed by atoms with Gasteiger partial charge in [-0.05, 0) is 51.0 Å². The van der Waals surface area contributed by atoms with E-state index in [2.05, 4.69) is 5.32 Å². The van der Waals surface area contributed by atoms with Gasteiger partial charge in [-0.2, -0.15) is 0 Å². The lowest BCUT2D eigenvalue weighted by Gasteiger charge is -2.10. The summed E-state index contributed by atoms with van der Waals surface area (Å²) in [6.45, 7) is 6.45. The number of carbonyl (C=O) groups excluding carboxylic acids is 1. The molecule has 0 saturated carbocycles. The third-order valence-electron chi connectivity index (χ3n) is 2.59. The topological polar surface area (TPSA) is 64.3 Å². The van der Waals surface area contributed by atoms with Crippen molar-refractivity contribution in [1.29, 1.82) is 0 Å². The van der Waals surface area contributed by atoms with Gasteiger partial charge in [-0.15, -0.1) is 0 Å². The number of aryl methyl sites for hydroxylation is 1. The van der Waals surface area contributed by atoms with Crippen LogP contribution in [0.15, 0.2) is 18.2 Å². The van der Waals surface area contributed by atoms with Crippen LogP contribution in [0.2, 0.25) is 0 Å². The summed E-state index contributed by atoms with van der Waals surface area (Å²) in [6.07, 6.45) is 1.14. The Labute approximate surface area is 109 Å². The lowest BCUT2D eigenvalue weighted by Crippen LogP contribution is -2.19. The van der Waals surface area contributed by atoms with Crippen LogP contribution in [0.1, 0.15) is 32.3 Å². The lowest BCUT2D eigenvalue weighted by atomic mass is 10.1. The van der Waals surface area contributed by atoms with E-state index in [-0.39, 0.29) is 11.9 Å². The number of rotatable bonds is 6. The monoisotopic (exact) mass is 250 g/mol. The Morgan fingerprint density at radius 2 is 2.22 bits per heavy atom. The molecule has 0 fully saturated rings. The summed E-state index contributed by atoms with van der Waals surface area (Å²) in [5, 5.41) is 2.86. The molecule has 1 rings (SSSR count). The van der Waals surface area contributed by atoms with Crippen molar-refractivity contribution in [2.45, 2.75) is 39.7 Å². The maximum Gasteiger partial charge on any atom is 0.224 e. The van der Waals surface area contributed by atoms with Gasteiger partial charge in [0.1, 0.15) is 5.75 Å². The van der Waals surface area contributed by atoms with Crippen molar-refractivity contribution in [1.82, 2.24) is 0 Å². The Bertz CT molecular complexity index is 403. The first-order valence-electron chi connectivity index (χ1n) is 6.31. The summed E-state index contributed by atoms with van der Waals surface area (Å²) in [5.41, 5.74) is 7.43. The molecule has 0 aliphatic heterocycles. The zero-order chi connectivity index (χ0) is 13.5. The van der Waals surface area contributed by atoms with Crippen molar-refractivity contribution in [2.75, 3.05) is 11.9 Å². The molecule has 100 valence electrons. The van der Waals surface area contributed by atoms with Gasteiger partial charge in [-0.1, -0.05) is 0 Å². The number of nitrogens with one attached hydrogen (secondary N) is 1. The van der Waals surface area contributed by atoms with Crippen molar-refractivity contribution in [3.8, 4) is 5.75 Å². The minimum atomic E-state index is -0.00383. The number of anilines is 1. The van der Waals surface area contributed by atoms with E-state index in [0.717, 1.165) is 17.0 Å². The summed E-state index contributed by atoms with van der Waals surface area (Å²) in [6, 6.07) is 5.69. The standard InChI is InChI=1S/C14H22N2O2/c1-4-18-13-7-6-12(9-10(13)2)16-14(17)8-5-11(3)15/h6-7,9,11H,4-5,8,15H2,1-3H3,(H,16,17). The first-order valence-corrected chi connectivity index (χ1v) is 6.31. The SMILES string of the molecule is CCOc1ccc(NC(=O)CCC(C)N)cc1C. The average Bonchev–Trinajstić information content (AvgIpc) is 2.30. The van der Waals surface area contributed by atoms with Crippen molar-refractivity contribution in [3.63, 3.8) is 0 Å². The smallest absolute Gasteiger partial charge is 0.224 e. The maximum atomic E-state index is 11.6. The Morgan fingerprint density at radius 1 is 1.50 bits per heavy atom. The van der Waals surface area contributed by atoms with Crippen LogP contribution in [0.5, 0.6) is 5.75 Å². The summed E-state index contributed by atoms with van der Waals surface area (Å²) in [7, 11) is 0. The largest absolute Gasteiger partial charge is 0.494 e. The third kappa shape index (κ3) is 4.75. The van der Waals surface area contributed by atoms with E-state index in [1.807, 2.05) is 39.0 Å². The molecule has 0 aromatic heterocycles. The number of hydrogen-bond acceptors (Lipinski definition) is 3. The van der Waals surface area contributed by atoms with Crippen LogP contribution in [-0.2, 0) is 4.79 Å². The highest BCUT2D eigenvalue weighted by molar-refractivity contribution is 5.90. The Morgan fingerprint density at radius 3 is 2.78 bits per heavy atom. The predicted octanol–water partition coefficient (Wildman–Crippen LogP) is 2.46. The molecule has 1 aromatic carbocycles. The summed E-state index contributed by atoms with van der Waals surface area (Å²) < 4.78 is 5.45. The molecule has 0 saturated heterocycles. The molecule has 18 heavy (non-hydrogen) atoms. The second-order valence-electron chi connectivity index (χ2n) is 4.48. The maximum absolute atomic E-state index is 11.6. The van der Waals surface area contributed by atoms with Gasteiger partial charge in [0, 0.05) is 18.2 Å². The van der Waals surface area contributed by atoms with Gasteiger partial charge in [-0.25, -0.2) is 0 Å². The quantitative estimate of drug-likeness (QED) is 0.815. The number of hydrogen-bond donors (Lipinski definition) is 2. The summed E-state index contributed by atoms with van der Waals surface area (Å²) in [5.74, 6) is 0.849. The fourth-order valence-corrected chi connectivity index (χ4v) is 1.63. The minimum absolute atomic E-state index is 0.00383.